The molecule has 1 aromatic heterocycles. The van der Waals surface area contributed by atoms with Crippen LogP contribution in [-0.4, -0.2) is 26.2 Å². The molecule has 0 bridgehead atoms. The van der Waals surface area contributed by atoms with E-state index in [1.54, 1.807) is 26.5 Å². The van der Waals surface area contributed by atoms with Crippen LogP contribution in [0.15, 0.2) is 39.4 Å². The molecule has 1 unspecified atom stereocenters. The Hall–Kier alpha value is -1.99. The topological polar surface area (TPSA) is 72.7 Å². The summed E-state index contributed by atoms with van der Waals surface area (Å²) in [5, 5.41) is 6.01. The Labute approximate surface area is 149 Å². The third-order valence-electron chi connectivity index (χ3n) is 3.56. The van der Waals surface area contributed by atoms with Gasteiger partial charge in [-0.15, -0.1) is 0 Å². The molecule has 2 aromatic rings. The number of benzene rings is 1. The minimum absolute atomic E-state index is 0.0944. The van der Waals surface area contributed by atoms with Gasteiger partial charge in [0, 0.05) is 11.0 Å². The fourth-order valence-electron chi connectivity index (χ4n) is 2.13. The van der Waals surface area contributed by atoms with Gasteiger partial charge in [0.25, 0.3) is 0 Å². The maximum atomic E-state index is 12.1. The van der Waals surface area contributed by atoms with E-state index in [1.807, 2.05) is 25.1 Å². The van der Waals surface area contributed by atoms with E-state index in [0.717, 1.165) is 15.8 Å². The minimum atomic E-state index is -0.347. The van der Waals surface area contributed by atoms with Crippen molar-refractivity contribution >= 4 is 21.8 Å². The van der Waals surface area contributed by atoms with Crippen molar-refractivity contribution in [2.45, 2.75) is 26.1 Å². The van der Waals surface area contributed by atoms with Crippen LogP contribution in [-0.2, 0) is 17.9 Å². The van der Waals surface area contributed by atoms with Gasteiger partial charge in [0.1, 0.15) is 5.76 Å². The van der Waals surface area contributed by atoms with Crippen molar-refractivity contribution in [1.82, 2.24) is 10.6 Å². The molecule has 0 saturated heterocycles. The highest BCUT2D eigenvalue weighted by Gasteiger charge is 2.14. The van der Waals surface area contributed by atoms with Gasteiger partial charge in [-0.05, 0) is 36.8 Å². The molecule has 6 nitrogen and oxygen atoms in total. The van der Waals surface area contributed by atoms with Crippen molar-refractivity contribution < 1.29 is 18.7 Å². The van der Waals surface area contributed by atoms with Crippen LogP contribution in [0.5, 0.6) is 11.5 Å². The Morgan fingerprint density at radius 2 is 1.96 bits per heavy atom. The van der Waals surface area contributed by atoms with Gasteiger partial charge in [0.05, 0.1) is 33.1 Å². The molecule has 130 valence electrons. The quantitative estimate of drug-likeness (QED) is 0.717. The van der Waals surface area contributed by atoms with Crippen LogP contribution in [0.2, 0.25) is 0 Å². The summed E-state index contributed by atoms with van der Waals surface area (Å²) >= 11 is 3.51. The van der Waals surface area contributed by atoms with Crippen molar-refractivity contribution in [3.8, 4) is 11.5 Å². The van der Waals surface area contributed by atoms with E-state index in [2.05, 4.69) is 26.6 Å². The first kappa shape index (κ1) is 18.4. The summed E-state index contributed by atoms with van der Waals surface area (Å²) in [6.45, 7) is 2.69. The molecule has 1 atom stereocenters. The number of hydrogen-bond acceptors (Lipinski definition) is 5. The van der Waals surface area contributed by atoms with Crippen LogP contribution in [0.1, 0.15) is 18.2 Å². The Balaban J connectivity index is 1.90. The first-order valence-corrected chi connectivity index (χ1v) is 8.28. The summed E-state index contributed by atoms with van der Waals surface area (Å²) in [7, 11) is 3.18. The van der Waals surface area contributed by atoms with E-state index in [1.165, 1.54) is 0 Å². The first-order valence-electron chi connectivity index (χ1n) is 7.49. The number of amides is 1. The fraction of sp³-hybridized carbons (Fsp3) is 0.353. The van der Waals surface area contributed by atoms with Gasteiger partial charge in [-0.2, -0.15) is 0 Å². The second kappa shape index (κ2) is 8.75. The molecule has 2 rings (SSSR count). The first-order chi connectivity index (χ1) is 11.5. The van der Waals surface area contributed by atoms with E-state index >= 15 is 0 Å². The van der Waals surface area contributed by atoms with E-state index in [9.17, 15) is 4.79 Å². The molecular weight excluding hydrogens is 376 g/mol. The molecule has 0 fully saturated rings. The van der Waals surface area contributed by atoms with Crippen molar-refractivity contribution in [1.29, 1.82) is 0 Å². The number of halogens is 1. The Morgan fingerprint density at radius 1 is 1.25 bits per heavy atom. The van der Waals surface area contributed by atoms with Crippen LogP contribution < -0.4 is 20.1 Å². The number of carbonyl (C=O) groups excluding carboxylic acids is 1. The van der Waals surface area contributed by atoms with Crippen LogP contribution >= 0.6 is 15.9 Å². The van der Waals surface area contributed by atoms with Crippen molar-refractivity contribution in [3.63, 3.8) is 0 Å². The number of carbonyl (C=O) groups is 1. The Morgan fingerprint density at radius 3 is 2.58 bits per heavy atom. The van der Waals surface area contributed by atoms with Gasteiger partial charge in [-0.25, -0.2) is 0 Å². The summed E-state index contributed by atoms with van der Waals surface area (Å²) in [6.07, 6.45) is 1.58. The van der Waals surface area contributed by atoms with Crippen LogP contribution in [0.4, 0.5) is 0 Å². The molecule has 1 heterocycles. The fourth-order valence-corrected chi connectivity index (χ4v) is 2.59. The number of hydrogen-bond donors (Lipinski definition) is 2. The predicted molar refractivity (Wildman–Crippen MR) is 94.1 cm³/mol. The summed E-state index contributed by atoms with van der Waals surface area (Å²) in [5.41, 5.74) is 0.971. The number of ether oxygens (including phenoxy) is 2. The Bertz CT molecular complexity index is 673. The summed E-state index contributed by atoms with van der Waals surface area (Å²) in [5.74, 6) is 1.92. The monoisotopic (exact) mass is 396 g/mol. The van der Waals surface area contributed by atoms with E-state index < -0.39 is 0 Å². The molecule has 1 amide bonds. The SMILES string of the molecule is COc1cc(Br)c(CNC(C)C(=O)NCc2ccco2)cc1OC. The van der Waals surface area contributed by atoms with Crippen LogP contribution in [0.25, 0.3) is 0 Å². The van der Waals surface area contributed by atoms with E-state index in [4.69, 9.17) is 13.9 Å². The second-order valence-corrected chi connectivity index (χ2v) is 6.05. The maximum absolute atomic E-state index is 12.1. The molecule has 0 saturated carbocycles. The normalized spacial score (nSPS) is 11.8. The molecule has 0 spiro atoms. The standard InChI is InChI=1S/C17H21BrN2O4/c1-11(17(21)20-10-13-5-4-6-24-13)19-9-12-7-15(22-2)16(23-3)8-14(12)18/h4-8,11,19H,9-10H2,1-3H3,(H,20,21). The smallest absolute Gasteiger partial charge is 0.237 e. The van der Waals surface area contributed by atoms with Crippen LogP contribution in [0.3, 0.4) is 0 Å². The second-order valence-electron chi connectivity index (χ2n) is 5.20. The predicted octanol–water partition coefficient (Wildman–Crippen LogP) is 2.85. The molecule has 2 N–H and O–H groups in total. The Kier molecular flexibility index (Phi) is 6.69. The third kappa shape index (κ3) is 4.75. The zero-order valence-corrected chi connectivity index (χ0v) is 15.5. The number of rotatable bonds is 8. The van der Waals surface area contributed by atoms with Gasteiger partial charge in [0.15, 0.2) is 11.5 Å². The summed E-state index contributed by atoms with van der Waals surface area (Å²) < 4.78 is 16.6. The zero-order chi connectivity index (χ0) is 17.5. The largest absolute Gasteiger partial charge is 0.493 e. The lowest BCUT2D eigenvalue weighted by Crippen LogP contribution is -2.41. The van der Waals surface area contributed by atoms with Crippen LogP contribution in [0, 0.1) is 0 Å². The molecular formula is C17H21BrN2O4. The molecule has 24 heavy (non-hydrogen) atoms. The van der Waals surface area contributed by atoms with E-state index in [-0.39, 0.29) is 11.9 Å². The molecule has 1 aromatic carbocycles. The molecule has 7 heteroatoms. The lowest BCUT2D eigenvalue weighted by Gasteiger charge is -2.16. The molecule has 0 aliphatic carbocycles. The molecule has 0 aliphatic rings. The van der Waals surface area contributed by atoms with Gasteiger partial charge >= 0.3 is 0 Å². The number of nitrogens with one attached hydrogen (secondary N) is 2. The molecule has 0 aliphatic heterocycles. The summed E-state index contributed by atoms with van der Waals surface area (Å²) in [6, 6.07) is 6.98. The molecule has 0 radical (unpaired) electrons. The summed E-state index contributed by atoms with van der Waals surface area (Å²) in [4.78, 5) is 12.1. The van der Waals surface area contributed by atoms with Gasteiger partial charge < -0.3 is 24.5 Å². The van der Waals surface area contributed by atoms with E-state index in [0.29, 0.717) is 24.6 Å². The van der Waals surface area contributed by atoms with Gasteiger partial charge in [-0.1, -0.05) is 15.9 Å². The average Bonchev–Trinajstić information content (AvgIpc) is 3.11. The highest BCUT2D eigenvalue weighted by Crippen LogP contribution is 2.33. The lowest BCUT2D eigenvalue weighted by molar-refractivity contribution is -0.123. The lowest BCUT2D eigenvalue weighted by atomic mass is 10.2. The van der Waals surface area contributed by atoms with Gasteiger partial charge in [-0.3, -0.25) is 4.79 Å². The third-order valence-corrected chi connectivity index (χ3v) is 4.30. The van der Waals surface area contributed by atoms with Gasteiger partial charge in [0.2, 0.25) is 5.91 Å². The minimum Gasteiger partial charge on any atom is -0.493 e. The average molecular weight is 397 g/mol. The highest BCUT2D eigenvalue weighted by molar-refractivity contribution is 9.10. The number of furan rings is 1. The van der Waals surface area contributed by atoms with Crippen molar-refractivity contribution in [2.24, 2.45) is 0 Å². The maximum Gasteiger partial charge on any atom is 0.237 e. The number of methoxy groups -OCH3 is 2. The van der Waals surface area contributed by atoms with Crippen molar-refractivity contribution in [3.05, 3.63) is 46.3 Å². The van der Waals surface area contributed by atoms with Crippen molar-refractivity contribution in [2.75, 3.05) is 14.2 Å². The highest BCUT2D eigenvalue weighted by atomic mass is 79.9. The zero-order valence-electron chi connectivity index (χ0n) is 13.9.